The first-order valence-corrected chi connectivity index (χ1v) is 10.7. The van der Waals surface area contributed by atoms with Crippen LogP contribution in [-0.2, 0) is 0 Å². The molecular formula is C24H34N2O4. The van der Waals surface area contributed by atoms with Crippen LogP contribution in [0.4, 0.5) is 0 Å². The highest BCUT2D eigenvalue weighted by Crippen LogP contribution is 2.22. The number of aliphatic hydroxyl groups excluding tert-OH is 2. The molecule has 6 heteroatoms. The van der Waals surface area contributed by atoms with Crippen LogP contribution in [0.5, 0.6) is 11.5 Å². The zero-order chi connectivity index (χ0) is 21.3. The monoisotopic (exact) mass is 414 g/mol. The molecule has 0 radical (unpaired) electrons. The van der Waals surface area contributed by atoms with E-state index < -0.39 is 12.3 Å². The van der Waals surface area contributed by atoms with Crippen molar-refractivity contribution in [2.24, 2.45) is 0 Å². The molecule has 1 aliphatic rings. The molecular weight excluding hydrogens is 380 g/mol. The number of rotatable bonds is 11. The van der Waals surface area contributed by atoms with Crippen molar-refractivity contribution < 1.29 is 19.7 Å². The molecule has 0 saturated carbocycles. The molecule has 0 amide bonds. The molecule has 164 valence electrons. The van der Waals surface area contributed by atoms with E-state index in [0.717, 1.165) is 30.2 Å². The Morgan fingerprint density at radius 2 is 1.60 bits per heavy atom. The van der Waals surface area contributed by atoms with Gasteiger partial charge in [0.25, 0.3) is 0 Å². The summed E-state index contributed by atoms with van der Waals surface area (Å²) in [6.45, 7) is 5.17. The number of hydrogen-bond donors (Lipinski definition) is 3. The van der Waals surface area contributed by atoms with E-state index >= 15 is 0 Å². The molecule has 1 heterocycles. The van der Waals surface area contributed by atoms with Gasteiger partial charge in [-0.25, -0.2) is 0 Å². The Balaban J connectivity index is 1.56. The Hall–Kier alpha value is -2.12. The molecule has 0 aliphatic carbocycles. The van der Waals surface area contributed by atoms with Crippen LogP contribution in [0.15, 0.2) is 48.5 Å². The highest BCUT2D eigenvalue weighted by Gasteiger charge is 2.26. The maximum absolute atomic E-state index is 11.0. The van der Waals surface area contributed by atoms with Crippen molar-refractivity contribution >= 4 is 0 Å². The minimum Gasteiger partial charge on any atom is -0.497 e. The molecule has 1 fully saturated rings. The Morgan fingerprint density at radius 1 is 0.967 bits per heavy atom. The molecule has 1 unspecified atom stereocenters. The van der Waals surface area contributed by atoms with E-state index in [9.17, 15) is 10.2 Å². The number of hydrogen-bond acceptors (Lipinski definition) is 6. The summed E-state index contributed by atoms with van der Waals surface area (Å²) in [6.07, 6.45) is 1.29. The summed E-state index contributed by atoms with van der Waals surface area (Å²) in [5.74, 6) is 1.54. The number of methoxy groups -OCH3 is 1. The van der Waals surface area contributed by atoms with E-state index in [1.54, 1.807) is 7.11 Å². The summed E-state index contributed by atoms with van der Waals surface area (Å²) in [7, 11) is 1.62. The number of nitrogens with zero attached hydrogens (tertiary/aromatic N) is 1. The minimum atomic E-state index is -0.768. The van der Waals surface area contributed by atoms with Gasteiger partial charge in [0, 0.05) is 13.0 Å². The zero-order valence-corrected chi connectivity index (χ0v) is 18.0. The summed E-state index contributed by atoms with van der Waals surface area (Å²) in [4.78, 5) is 2.33. The third kappa shape index (κ3) is 6.71. The van der Waals surface area contributed by atoms with Crippen LogP contribution in [0, 0.1) is 6.92 Å². The van der Waals surface area contributed by atoms with Gasteiger partial charge in [-0.3, -0.25) is 5.32 Å². The van der Waals surface area contributed by atoms with Crippen LogP contribution in [0.25, 0.3) is 0 Å². The number of benzene rings is 2. The van der Waals surface area contributed by atoms with Crippen LogP contribution in [0.1, 0.15) is 36.5 Å². The van der Waals surface area contributed by atoms with Gasteiger partial charge in [-0.1, -0.05) is 29.8 Å². The molecule has 3 rings (SSSR count). The molecule has 2 aromatic rings. The van der Waals surface area contributed by atoms with Gasteiger partial charge in [-0.05, 0) is 62.7 Å². The summed E-state index contributed by atoms with van der Waals surface area (Å²) in [5.41, 5.74) is 1.98. The van der Waals surface area contributed by atoms with Crippen LogP contribution >= 0.6 is 0 Å². The van der Waals surface area contributed by atoms with Crippen LogP contribution in [0.2, 0.25) is 0 Å². The largest absolute Gasteiger partial charge is 0.497 e. The molecule has 0 aromatic heterocycles. The Bertz CT molecular complexity index is 745. The van der Waals surface area contributed by atoms with Crippen LogP contribution in [0.3, 0.4) is 0 Å². The van der Waals surface area contributed by atoms with Crippen LogP contribution < -0.4 is 14.8 Å². The van der Waals surface area contributed by atoms with Crippen molar-refractivity contribution in [3.63, 3.8) is 0 Å². The second-order valence-electron chi connectivity index (χ2n) is 7.96. The Kier molecular flexibility index (Phi) is 8.51. The first kappa shape index (κ1) is 22.6. The fourth-order valence-corrected chi connectivity index (χ4v) is 3.77. The van der Waals surface area contributed by atoms with Gasteiger partial charge in [0.1, 0.15) is 17.7 Å². The fraction of sp³-hybridized carbons (Fsp3) is 0.500. The quantitative estimate of drug-likeness (QED) is 0.491. The Labute approximate surface area is 179 Å². The first-order valence-electron chi connectivity index (χ1n) is 10.7. The van der Waals surface area contributed by atoms with Gasteiger partial charge >= 0.3 is 0 Å². The molecule has 3 N–H and O–H groups in total. The molecule has 2 aromatic carbocycles. The van der Waals surface area contributed by atoms with Crippen molar-refractivity contribution in [3.8, 4) is 11.5 Å². The first-order chi connectivity index (χ1) is 14.5. The predicted molar refractivity (Wildman–Crippen MR) is 118 cm³/mol. The third-order valence-electron chi connectivity index (χ3n) is 5.58. The van der Waals surface area contributed by atoms with Gasteiger partial charge in [-0.2, -0.15) is 0 Å². The molecule has 3 atom stereocenters. The third-order valence-corrected chi connectivity index (χ3v) is 5.58. The predicted octanol–water partition coefficient (Wildman–Crippen LogP) is 2.88. The fourth-order valence-electron chi connectivity index (χ4n) is 3.77. The number of aryl methyl sites for hydroxylation is 1. The second-order valence-corrected chi connectivity index (χ2v) is 7.96. The molecule has 30 heavy (non-hydrogen) atoms. The lowest BCUT2D eigenvalue weighted by Gasteiger charge is -2.31. The topological polar surface area (TPSA) is 74.2 Å². The summed E-state index contributed by atoms with van der Waals surface area (Å²) >= 11 is 0. The van der Waals surface area contributed by atoms with Crippen molar-refractivity contribution in [2.75, 3.05) is 33.4 Å². The lowest BCUT2D eigenvalue weighted by molar-refractivity contribution is 0.0412. The number of ether oxygens (including phenoxy) is 2. The van der Waals surface area contributed by atoms with E-state index in [2.05, 4.69) is 10.2 Å². The van der Waals surface area contributed by atoms with E-state index in [-0.39, 0.29) is 6.04 Å². The minimum absolute atomic E-state index is 0.286. The average molecular weight is 415 g/mol. The van der Waals surface area contributed by atoms with Gasteiger partial charge in [-0.15, -0.1) is 0 Å². The smallest absolute Gasteiger partial charge is 0.119 e. The van der Waals surface area contributed by atoms with Crippen molar-refractivity contribution in [1.82, 2.24) is 10.2 Å². The van der Waals surface area contributed by atoms with E-state index in [4.69, 9.17) is 9.47 Å². The van der Waals surface area contributed by atoms with Gasteiger partial charge in [0.2, 0.25) is 0 Å². The van der Waals surface area contributed by atoms with Crippen molar-refractivity contribution in [3.05, 3.63) is 59.7 Å². The molecule has 0 bridgehead atoms. The highest BCUT2D eigenvalue weighted by atomic mass is 16.5. The molecule has 1 saturated heterocycles. The van der Waals surface area contributed by atoms with E-state index in [1.165, 1.54) is 18.4 Å². The normalized spacial score (nSPS) is 17.5. The molecule has 0 spiro atoms. The van der Waals surface area contributed by atoms with Crippen molar-refractivity contribution in [1.29, 1.82) is 0 Å². The summed E-state index contributed by atoms with van der Waals surface area (Å²) in [5, 5.41) is 24.8. The average Bonchev–Trinajstić information content (AvgIpc) is 3.27. The van der Waals surface area contributed by atoms with Gasteiger partial charge < -0.3 is 24.6 Å². The number of likely N-dealkylation sites (tertiary alicyclic amines) is 1. The van der Waals surface area contributed by atoms with E-state index in [0.29, 0.717) is 19.6 Å². The zero-order valence-electron chi connectivity index (χ0n) is 18.0. The molecule has 6 nitrogen and oxygen atoms in total. The summed E-state index contributed by atoms with van der Waals surface area (Å²) < 4.78 is 10.9. The van der Waals surface area contributed by atoms with Gasteiger partial charge in [0.15, 0.2) is 0 Å². The van der Waals surface area contributed by atoms with Gasteiger partial charge in [0.05, 0.1) is 25.9 Å². The molecule has 1 aliphatic heterocycles. The lowest BCUT2D eigenvalue weighted by Crippen LogP contribution is -2.48. The van der Waals surface area contributed by atoms with E-state index in [1.807, 2.05) is 55.5 Å². The second kappa shape index (κ2) is 11.3. The van der Waals surface area contributed by atoms with Crippen molar-refractivity contribution in [2.45, 2.75) is 44.6 Å². The lowest BCUT2D eigenvalue weighted by atomic mass is 10.0. The standard InChI is InChI=1S/C24H34N2O4/c1-18-5-9-21(10-6-18)30-16-13-23(27)25-22(17-26-14-3-4-15-26)24(28)19-7-11-20(29-2)12-8-19/h5-12,22-25,27-28H,3-4,13-17H2,1-2H3/t22-,23?,24-/m1/s1. The number of nitrogens with one attached hydrogen (secondary N) is 1. The Morgan fingerprint density at radius 3 is 2.23 bits per heavy atom. The highest BCUT2D eigenvalue weighted by molar-refractivity contribution is 5.29. The number of aliphatic hydroxyl groups is 2. The maximum atomic E-state index is 11.0. The van der Waals surface area contributed by atoms with Crippen LogP contribution in [-0.4, -0.2) is 60.7 Å². The summed E-state index contributed by atoms with van der Waals surface area (Å²) in [6, 6.07) is 15.0. The SMILES string of the molecule is COc1ccc([C@@H](O)[C@@H](CN2CCCC2)NC(O)CCOc2ccc(C)cc2)cc1. The maximum Gasteiger partial charge on any atom is 0.119 e.